The SMILES string of the molecule is CC.CCc1cccc(CC)c1-c1cc2c(c(CC3CCCC3)c1)C(Nc1cc(C)ccc1C)CCC2. The number of rotatable bonds is 7. The molecule has 3 aromatic rings. The topological polar surface area (TPSA) is 12.0 Å². The molecule has 1 fully saturated rings. The molecule has 0 aromatic heterocycles. The second-order valence-electron chi connectivity index (χ2n) is 11.1. The van der Waals surface area contributed by atoms with Crippen molar-refractivity contribution in [2.75, 3.05) is 5.32 Å². The van der Waals surface area contributed by atoms with Crippen LogP contribution < -0.4 is 5.32 Å². The van der Waals surface area contributed by atoms with Crippen molar-refractivity contribution < 1.29 is 0 Å². The number of anilines is 1. The Bertz CT molecular complexity index is 1160. The summed E-state index contributed by atoms with van der Waals surface area (Å²) < 4.78 is 0. The van der Waals surface area contributed by atoms with Crippen LogP contribution in [-0.4, -0.2) is 0 Å². The summed E-state index contributed by atoms with van der Waals surface area (Å²) in [5, 5.41) is 4.02. The molecule has 5 rings (SSSR count). The first kappa shape index (κ1) is 27.5. The molecule has 0 aliphatic heterocycles. The molecule has 0 spiro atoms. The van der Waals surface area contributed by atoms with E-state index in [0.29, 0.717) is 6.04 Å². The summed E-state index contributed by atoms with van der Waals surface area (Å²) in [6, 6.07) is 19.3. The highest BCUT2D eigenvalue weighted by atomic mass is 14.9. The number of benzene rings is 3. The predicted octanol–water partition coefficient (Wildman–Crippen LogP) is 10.3. The Morgan fingerprint density at radius 2 is 1.49 bits per heavy atom. The lowest BCUT2D eigenvalue weighted by Crippen LogP contribution is -2.21. The Balaban J connectivity index is 0.00000156. The van der Waals surface area contributed by atoms with Crippen molar-refractivity contribution in [1.82, 2.24) is 0 Å². The number of nitrogens with one attached hydrogen (secondary N) is 1. The molecule has 0 amide bonds. The quantitative estimate of drug-likeness (QED) is 0.344. The van der Waals surface area contributed by atoms with Crippen molar-refractivity contribution in [2.24, 2.45) is 5.92 Å². The Morgan fingerprint density at radius 3 is 2.16 bits per heavy atom. The third kappa shape index (κ3) is 6.14. The van der Waals surface area contributed by atoms with E-state index in [1.165, 1.54) is 90.4 Å². The van der Waals surface area contributed by atoms with Crippen LogP contribution >= 0.6 is 0 Å². The molecule has 1 heteroatoms. The number of hydrogen-bond acceptors (Lipinski definition) is 1. The molecule has 0 bridgehead atoms. The molecule has 1 unspecified atom stereocenters. The van der Waals surface area contributed by atoms with Crippen molar-refractivity contribution in [3.05, 3.63) is 87.5 Å². The Kier molecular flexibility index (Phi) is 9.52. The first-order valence-electron chi connectivity index (χ1n) is 15.2. The summed E-state index contributed by atoms with van der Waals surface area (Å²) in [6.45, 7) is 13.1. The summed E-state index contributed by atoms with van der Waals surface area (Å²) in [4.78, 5) is 0. The molecule has 1 N–H and O–H groups in total. The van der Waals surface area contributed by atoms with Gasteiger partial charge in [-0.15, -0.1) is 0 Å². The lowest BCUT2D eigenvalue weighted by molar-refractivity contribution is 0.531. The van der Waals surface area contributed by atoms with Crippen LogP contribution in [0.2, 0.25) is 0 Å². The lowest BCUT2D eigenvalue weighted by Gasteiger charge is -2.32. The van der Waals surface area contributed by atoms with Crippen LogP contribution in [0.15, 0.2) is 48.5 Å². The molecule has 1 saturated carbocycles. The van der Waals surface area contributed by atoms with Gasteiger partial charge in [0, 0.05) is 5.69 Å². The van der Waals surface area contributed by atoms with Crippen molar-refractivity contribution >= 4 is 5.69 Å². The average Bonchev–Trinajstić information content (AvgIpc) is 3.44. The van der Waals surface area contributed by atoms with E-state index in [1.807, 2.05) is 13.8 Å². The Morgan fingerprint density at radius 1 is 0.784 bits per heavy atom. The minimum Gasteiger partial charge on any atom is -0.378 e. The van der Waals surface area contributed by atoms with E-state index in [1.54, 1.807) is 16.7 Å². The van der Waals surface area contributed by atoms with Crippen LogP contribution in [0.25, 0.3) is 11.1 Å². The highest BCUT2D eigenvalue weighted by molar-refractivity contribution is 5.74. The molecule has 2 aliphatic carbocycles. The third-order valence-corrected chi connectivity index (χ3v) is 8.63. The first-order valence-corrected chi connectivity index (χ1v) is 15.2. The van der Waals surface area contributed by atoms with Crippen molar-refractivity contribution in [3.8, 4) is 11.1 Å². The van der Waals surface area contributed by atoms with Gasteiger partial charge in [0.2, 0.25) is 0 Å². The fraction of sp³-hybridized carbons (Fsp3) is 0.500. The van der Waals surface area contributed by atoms with E-state index in [4.69, 9.17) is 0 Å². The van der Waals surface area contributed by atoms with Crippen LogP contribution in [0.4, 0.5) is 5.69 Å². The fourth-order valence-electron chi connectivity index (χ4n) is 6.75. The normalized spacial score (nSPS) is 17.2. The van der Waals surface area contributed by atoms with Crippen LogP contribution in [0.5, 0.6) is 0 Å². The smallest absolute Gasteiger partial charge is 0.0519 e. The highest BCUT2D eigenvalue weighted by Crippen LogP contribution is 2.42. The lowest BCUT2D eigenvalue weighted by atomic mass is 9.78. The van der Waals surface area contributed by atoms with Gasteiger partial charge in [-0.1, -0.05) is 95.8 Å². The standard InChI is InChI=1S/C34H43N.C2H6/c1-5-26-13-9-14-27(6-2)33(26)30-21-28-15-10-16-31(35-32-19-23(3)17-18-24(32)4)34(28)29(22-30)20-25-11-7-8-12-25;1-2/h9,13-14,17-19,21-22,25,31,35H,5-8,10-12,15-16,20H2,1-4H3;1-2H3. The largest absolute Gasteiger partial charge is 0.378 e. The number of hydrogen-bond donors (Lipinski definition) is 1. The molecular weight excluding hydrogens is 446 g/mol. The van der Waals surface area contributed by atoms with E-state index in [9.17, 15) is 0 Å². The monoisotopic (exact) mass is 495 g/mol. The first-order chi connectivity index (χ1) is 18.1. The second kappa shape index (κ2) is 12.8. The molecule has 1 atom stereocenters. The molecular formula is C36H49N. The number of aryl methyl sites for hydroxylation is 5. The van der Waals surface area contributed by atoms with Crippen LogP contribution in [-0.2, 0) is 25.7 Å². The van der Waals surface area contributed by atoms with Gasteiger partial charge in [-0.3, -0.25) is 0 Å². The molecule has 0 saturated heterocycles. The van der Waals surface area contributed by atoms with E-state index in [0.717, 1.165) is 18.8 Å². The summed E-state index contributed by atoms with van der Waals surface area (Å²) in [5.41, 5.74) is 14.8. The fourth-order valence-corrected chi connectivity index (χ4v) is 6.75. The summed E-state index contributed by atoms with van der Waals surface area (Å²) in [7, 11) is 0. The third-order valence-electron chi connectivity index (χ3n) is 8.63. The van der Waals surface area contributed by atoms with Crippen molar-refractivity contribution in [3.63, 3.8) is 0 Å². The van der Waals surface area contributed by atoms with Crippen molar-refractivity contribution in [1.29, 1.82) is 0 Å². The minimum atomic E-state index is 0.414. The van der Waals surface area contributed by atoms with E-state index < -0.39 is 0 Å². The van der Waals surface area contributed by atoms with E-state index in [2.05, 4.69) is 81.5 Å². The van der Waals surface area contributed by atoms with Gasteiger partial charge in [0.05, 0.1) is 6.04 Å². The maximum Gasteiger partial charge on any atom is 0.0519 e. The van der Waals surface area contributed by atoms with Gasteiger partial charge in [0.15, 0.2) is 0 Å². The second-order valence-corrected chi connectivity index (χ2v) is 11.1. The van der Waals surface area contributed by atoms with Crippen LogP contribution in [0.1, 0.15) is 111 Å². The van der Waals surface area contributed by atoms with E-state index in [-0.39, 0.29) is 0 Å². The molecule has 2 aliphatic rings. The van der Waals surface area contributed by atoms with Gasteiger partial charge in [0.1, 0.15) is 0 Å². The van der Waals surface area contributed by atoms with Gasteiger partial charge in [0.25, 0.3) is 0 Å². The molecule has 198 valence electrons. The van der Waals surface area contributed by atoms with Gasteiger partial charge >= 0.3 is 0 Å². The van der Waals surface area contributed by atoms with Crippen molar-refractivity contribution in [2.45, 2.75) is 112 Å². The molecule has 3 aromatic carbocycles. The zero-order chi connectivity index (χ0) is 26.4. The van der Waals surface area contributed by atoms with Gasteiger partial charge in [-0.2, -0.15) is 0 Å². The summed E-state index contributed by atoms with van der Waals surface area (Å²) >= 11 is 0. The Hall–Kier alpha value is -2.54. The summed E-state index contributed by atoms with van der Waals surface area (Å²) in [6.07, 6.45) is 12.8. The van der Waals surface area contributed by atoms with Gasteiger partial charge in [-0.25, -0.2) is 0 Å². The highest BCUT2D eigenvalue weighted by Gasteiger charge is 2.27. The zero-order valence-electron chi connectivity index (χ0n) is 24.3. The Labute approximate surface area is 227 Å². The van der Waals surface area contributed by atoms with E-state index >= 15 is 0 Å². The maximum absolute atomic E-state index is 4.02. The predicted molar refractivity (Wildman–Crippen MR) is 163 cm³/mol. The zero-order valence-corrected chi connectivity index (χ0v) is 24.3. The summed E-state index contributed by atoms with van der Waals surface area (Å²) in [5.74, 6) is 0.852. The van der Waals surface area contributed by atoms with Gasteiger partial charge in [-0.05, 0) is 114 Å². The molecule has 0 radical (unpaired) electrons. The molecule has 0 heterocycles. The maximum atomic E-state index is 4.02. The van der Waals surface area contributed by atoms with Crippen LogP contribution in [0.3, 0.4) is 0 Å². The average molecular weight is 496 g/mol. The van der Waals surface area contributed by atoms with Gasteiger partial charge < -0.3 is 5.32 Å². The minimum absolute atomic E-state index is 0.414. The molecule has 37 heavy (non-hydrogen) atoms. The number of fused-ring (bicyclic) bond motifs is 1. The molecule has 1 nitrogen and oxygen atoms in total. The van der Waals surface area contributed by atoms with Crippen LogP contribution in [0, 0.1) is 19.8 Å².